The zero-order chi connectivity index (χ0) is 20.3. The van der Waals surface area contributed by atoms with Crippen LogP contribution in [0.5, 0.6) is 5.75 Å². The zero-order valence-corrected chi connectivity index (χ0v) is 15.3. The highest BCUT2D eigenvalue weighted by Crippen LogP contribution is 2.26. The first-order valence-electron chi connectivity index (χ1n) is 8.36. The molecule has 1 aliphatic heterocycles. The molecule has 0 aliphatic carbocycles. The zero-order valence-electron chi connectivity index (χ0n) is 14.5. The van der Waals surface area contributed by atoms with E-state index in [-0.39, 0.29) is 5.75 Å². The fraction of sp³-hybridized carbons (Fsp3) is 0.333. The molecule has 28 heavy (non-hydrogen) atoms. The third-order valence-corrected chi connectivity index (χ3v) is 5.25. The van der Waals surface area contributed by atoms with Gasteiger partial charge in [-0.15, -0.1) is 0 Å². The molecule has 1 aromatic carbocycles. The molecule has 9 nitrogen and oxygen atoms in total. The number of aliphatic hydroxyl groups excluding tert-OH is 3. The van der Waals surface area contributed by atoms with Crippen molar-refractivity contribution in [1.29, 1.82) is 0 Å². The summed E-state index contributed by atoms with van der Waals surface area (Å²) in [6, 6.07) is 11.8. The number of nitrogens with zero attached hydrogens (tertiary/aromatic N) is 1. The summed E-state index contributed by atoms with van der Waals surface area (Å²) >= 11 is 1.36. The molecule has 10 heteroatoms. The summed E-state index contributed by atoms with van der Waals surface area (Å²) in [4.78, 5) is 11.1. The van der Waals surface area contributed by atoms with Gasteiger partial charge in [0.05, 0.1) is 0 Å². The molecule has 0 unspecified atom stereocenters. The second-order valence-corrected chi connectivity index (χ2v) is 7.15. The molecule has 4 N–H and O–H groups in total. The van der Waals surface area contributed by atoms with Crippen LogP contribution in [0.3, 0.4) is 0 Å². The first-order chi connectivity index (χ1) is 13.4. The van der Waals surface area contributed by atoms with Crippen molar-refractivity contribution < 1.29 is 39.4 Å². The largest absolute Gasteiger partial charge is 0.618 e. The van der Waals surface area contributed by atoms with E-state index in [1.54, 1.807) is 42.5 Å². The van der Waals surface area contributed by atoms with E-state index in [0.717, 1.165) is 10.3 Å². The molecule has 1 fully saturated rings. The SMILES string of the molecule is O=C(O)[C@H]1O[C@@H](Oc2ccc(CSc3cccc[n+]3[O-])cc2)[C@@H](O)[C@@H](O)[C@H]1O. The van der Waals surface area contributed by atoms with Crippen LogP contribution in [0.15, 0.2) is 53.7 Å². The van der Waals surface area contributed by atoms with Gasteiger partial charge < -0.3 is 35.1 Å². The molecule has 1 saturated heterocycles. The Bertz CT molecular complexity index is 817. The quantitative estimate of drug-likeness (QED) is 0.292. The van der Waals surface area contributed by atoms with Gasteiger partial charge in [-0.1, -0.05) is 23.9 Å². The number of carboxylic acid groups (broad SMARTS) is 1. The highest BCUT2D eigenvalue weighted by Gasteiger charge is 2.48. The lowest BCUT2D eigenvalue weighted by Crippen LogP contribution is -2.61. The molecule has 0 spiro atoms. The molecule has 0 bridgehead atoms. The number of pyridine rings is 1. The Labute approximate surface area is 164 Å². The molecule has 0 radical (unpaired) electrons. The number of benzene rings is 1. The fourth-order valence-corrected chi connectivity index (χ4v) is 3.50. The molecular formula is C18H19NO8S. The number of aromatic nitrogens is 1. The van der Waals surface area contributed by atoms with Crippen molar-refractivity contribution in [3.05, 3.63) is 59.4 Å². The van der Waals surface area contributed by atoms with E-state index >= 15 is 0 Å². The molecule has 1 aromatic heterocycles. The van der Waals surface area contributed by atoms with E-state index in [0.29, 0.717) is 10.8 Å². The Balaban J connectivity index is 1.62. The maximum Gasteiger partial charge on any atom is 0.335 e. The standard InChI is InChI=1S/C18H19NO8S/c20-13-14(21)16(17(23)24)27-18(15(13)22)26-11-6-4-10(5-7-11)9-28-12-3-1-2-8-19(12)25/h1-8,13-16,18,20-22H,9H2,(H,23,24)/t13-,14+,15-,16-,18+/m0/s1. The normalized spacial score (nSPS) is 27.3. The van der Waals surface area contributed by atoms with Gasteiger partial charge in [0.15, 0.2) is 12.3 Å². The third-order valence-electron chi connectivity index (χ3n) is 4.16. The van der Waals surface area contributed by atoms with E-state index in [4.69, 9.17) is 14.6 Å². The van der Waals surface area contributed by atoms with Gasteiger partial charge in [0.1, 0.15) is 24.1 Å². The summed E-state index contributed by atoms with van der Waals surface area (Å²) in [5.74, 6) is -0.652. The number of thioether (sulfide) groups is 1. The Hall–Kier alpha value is -2.37. The number of hydrogen-bond donors (Lipinski definition) is 4. The number of carbonyl (C=O) groups is 1. The molecule has 3 rings (SSSR count). The first kappa shape index (κ1) is 20.4. The van der Waals surface area contributed by atoms with Crippen LogP contribution in [0.2, 0.25) is 0 Å². The minimum atomic E-state index is -1.77. The van der Waals surface area contributed by atoms with Gasteiger partial charge in [-0.05, 0) is 23.8 Å². The van der Waals surface area contributed by atoms with E-state index < -0.39 is 36.7 Å². The van der Waals surface area contributed by atoms with Crippen LogP contribution < -0.4 is 9.47 Å². The van der Waals surface area contributed by atoms with E-state index in [9.17, 15) is 25.3 Å². The van der Waals surface area contributed by atoms with Crippen molar-refractivity contribution in [2.24, 2.45) is 0 Å². The number of hydrogen-bond acceptors (Lipinski definition) is 8. The van der Waals surface area contributed by atoms with E-state index in [2.05, 4.69) is 0 Å². The lowest BCUT2D eigenvalue weighted by Gasteiger charge is -2.38. The first-order valence-corrected chi connectivity index (χ1v) is 9.34. The minimum absolute atomic E-state index is 0.282. The van der Waals surface area contributed by atoms with Crippen molar-refractivity contribution in [2.75, 3.05) is 0 Å². The van der Waals surface area contributed by atoms with Crippen molar-refractivity contribution in [1.82, 2.24) is 0 Å². The molecule has 1 aliphatic rings. The van der Waals surface area contributed by atoms with Crippen LogP contribution >= 0.6 is 11.8 Å². The van der Waals surface area contributed by atoms with Gasteiger partial charge in [-0.3, -0.25) is 0 Å². The van der Waals surface area contributed by atoms with Crippen LogP contribution in [-0.4, -0.2) is 57.1 Å². The summed E-state index contributed by atoms with van der Waals surface area (Å²) in [6.45, 7) is 0. The van der Waals surface area contributed by atoms with Gasteiger partial charge in [-0.25, -0.2) is 4.79 Å². The molecule has 2 heterocycles. The fourth-order valence-electron chi connectivity index (χ4n) is 2.63. The molecule has 5 atom stereocenters. The Morgan fingerprint density at radius 1 is 1.11 bits per heavy atom. The van der Waals surface area contributed by atoms with Crippen LogP contribution in [0.25, 0.3) is 0 Å². The Morgan fingerprint density at radius 2 is 1.82 bits per heavy atom. The second kappa shape index (κ2) is 8.76. The summed E-state index contributed by atoms with van der Waals surface area (Å²) in [5, 5.41) is 50.7. The maximum atomic E-state index is 11.6. The van der Waals surface area contributed by atoms with Gasteiger partial charge >= 0.3 is 5.97 Å². The van der Waals surface area contributed by atoms with Crippen molar-refractivity contribution in [3.63, 3.8) is 0 Å². The smallest absolute Gasteiger partial charge is 0.335 e. The van der Waals surface area contributed by atoms with Crippen molar-refractivity contribution >= 4 is 17.7 Å². The van der Waals surface area contributed by atoms with E-state index in [1.807, 2.05) is 0 Å². The second-order valence-electron chi connectivity index (χ2n) is 6.15. The van der Waals surface area contributed by atoms with Crippen LogP contribution in [0, 0.1) is 5.21 Å². The number of carboxylic acids is 1. The highest BCUT2D eigenvalue weighted by molar-refractivity contribution is 7.98. The average molecular weight is 409 g/mol. The molecule has 0 saturated carbocycles. The van der Waals surface area contributed by atoms with Crippen molar-refractivity contribution in [2.45, 2.75) is 41.5 Å². The number of ether oxygens (including phenoxy) is 2. The maximum absolute atomic E-state index is 11.6. The topological polar surface area (TPSA) is 143 Å². The predicted molar refractivity (Wildman–Crippen MR) is 96.4 cm³/mol. The molecule has 150 valence electrons. The Morgan fingerprint density at radius 3 is 2.46 bits per heavy atom. The van der Waals surface area contributed by atoms with Crippen LogP contribution in [0.1, 0.15) is 5.56 Å². The van der Waals surface area contributed by atoms with Gasteiger partial charge in [0.2, 0.25) is 6.29 Å². The van der Waals surface area contributed by atoms with Crippen molar-refractivity contribution in [3.8, 4) is 5.75 Å². The van der Waals surface area contributed by atoms with Crippen LogP contribution in [-0.2, 0) is 15.3 Å². The number of aliphatic hydroxyl groups is 3. The predicted octanol–water partition coefficient (Wildman–Crippen LogP) is -0.117. The van der Waals surface area contributed by atoms with Gasteiger partial charge in [0, 0.05) is 17.9 Å². The highest BCUT2D eigenvalue weighted by atomic mass is 32.2. The Kier molecular flexibility index (Phi) is 6.37. The van der Waals surface area contributed by atoms with Gasteiger partial charge in [-0.2, -0.15) is 4.73 Å². The number of aliphatic carboxylic acids is 1. The summed E-state index contributed by atoms with van der Waals surface area (Å²) in [6.07, 6.45) is -6.86. The lowest BCUT2D eigenvalue weighted by molar-refractivity contribution is -0.645. The molecule has 2 aromatic rings. The minimum Gasteiger partial charge on any atom is -0.618 e. The van der Waals surface area contributed by atoms with Crippen LogP contribution in [0.4, 0.5) is 0 Å². The lowest BCUT2D eigenvalue weighted by atomic mass is 9.99. The molecular weight excluding hydrogens is 390 g/mol. The summed E-state index contributed by atoms with van der Waals surface area (Å²) in [7, 11) is 0. The monoisotopic (exact) mass is 409 g/mol. The third kappa shape index (κ3) is 4.54. The molecule has 0 amide bonds. The number of rotatable bonds is 6. The average Bonchev–Trinajstić information content (AvgIpc) is 2.68. The summed E-state index contributed by atoms with van der Waals surface area (Å²) < 4.78 is 11.3. The van der Waals surface area contributed by atoms with Gasteiger partial charge in [0.25, 0.3) is 5.03 Å². The van der Waals surface area contributed by atoms with E-state index in [1.165, 1.54) is 18.0 Å². The summed E-state index contributed by atoms with van der Waals surface area (Å²) in [5.41, 5.74) is 0.908.